The molecule has 1 saturated heterocycles. The fraction of sp³-hybridized carbons (Fsp3) is 0.538. The number of nitrogens with one attached hydrogen (secondary N) is 1. The second-order valence-electron chi connectivity index (χ2n) is 4.73. The normalized spacial score (nSPS) is 20.2. The topological polar surface area (TPSA) is 51.5 Å². The van der Waals surface area contributed by atoms with Crippen molar-refractivity contribution in [2.24, 2.45) is 0 Å². The van der Waals surface area contributed by atoms with E-state index in [0.717, 1.165) is 30.3 Å². The number of aromatic nitrogens is 3. The van der Waals surface area contributed by atoms with Gasteiger partial charge in [0.15, 0.2) is 5.65 Å². The van der Waals surface area contributed by atoms with Crippen molar-refractivity contribution in [1.29, 1.82) is 0 Å². The number of methoxy groups -OCH3 is 1. The van der Waals surface area contributed by atoms with Crippen LogP contribution in [0.1, 0.15) is 25.1 Å². The number of rotatable bonds is 3. The Hall–Kier alpha value is -1.62. The summed E-state index contributed by atoms with van der Waals surface area (Å²) in [6.07, 6.45) is 4.69. The van der Waals surface area contributed by atoms with Crippen LogP contribution >= 0.6 is 0 Å². The third-order valence-corrected chi connectivity index (χ3v) is 3.51. The molecule has 1 unspecified atom stereocenters. The first-order valence-corrected chi connectivity index (χ1v) is 6.49. The van der Waals surface area contributed by atoms with Gasteiger partial charge in [-0.1, -0.05) is 12.5 Å². The molecule has 1 aliphatic rings. The third-order valence-electron chi connectivity index (χ3n) is 3.51. The Morgan fingerprint density at radius 3 is 3.11 bits per heavy atom. The van der Waals surface area contributed by atoms with Crippen LogP contribution in [-0.2, 0) is 6.42 Å². The number of pyridine rings is 1. The van der Waals surface area contributed by atoms with Gasteiger partial charge in [0, 0.05) is 12.5 Å². The summed E-state index contributed by atoms with van der Waals surface area (Å²) in [5.74, 6) is 1.77. The molecule has 0 aliphatic carbocycles. The molecular formula is C13H18N4O. The van der Waals surface area contributed by atoms with Crippen molar-refractivity contribution < 1.29 is 4.74 Å². The lowest BCUT2D eigenvalue weighted by Gasteiger charge is -2.22. The zero-order valence-corrected chi connectivity index (χ0v) is 10.6. The van der Waals surface area contributed by atoms with Gasteiger partial charge in [-0.2, -0.15) is 0 Å². The van der Waals surface area contributed by atoms with Crippen molar-refractivity contribution in [2.75, 3.05) is 13.7 Å². The largest absolute Gasteiger partial charge is 0.482 e. The number of fused-ring (bicyclic) bond motifs is 1. The Bertz CT molecular complexity index is 531. The van der Waals surface area contributed by atoms with Crippen LogP contribution in [0.2, 0.25) is 0 Å². The van der Waals surface area contributed by atoms with Crippen molar-refractivity contribution in [1.82, 2.24) is 19.9 Å². The van der Waals surface area contributed by atoms with E-state index in [0.29, 0.717) is 6.04 Å². The van der Waals surface area contributed by atoms with Gasteiger partial charge in [0.1, 0.15) is 5.82 Å². The van der Waals surface area contributed by atoms with Crippen molar-refractivity contribution in [3.8, 4) is 5.88 Å². The summed E-state index contributed by atoms with van der Waals surface area (Å²) < 4.78 is 7.37. The maximum Gasteiger partial charge on any atom is 0.200 e. The molecule has 3 rings (SSSR count). The highest BCUT2D eigenvalue weighted by Gasteiger charge is 2.17. The zero-order valence-electron chi connectivity index (χ0n) is 10.6. The van der Waals surface area contributed by atoms with E-state index in [2.05, 4.69) is 15.5 Å². The van der Waals surface area contributed by atoms with Crippen LogP contribution in [0.25, 0.3) is 5.65 Å². The first-order valence-electron chi connectivity index (χ1n) is 6.49. The van der Waals surface area contributed by atoms with E-state index in [1.165, 1.54) is 19.3 Å². The Morgan fingerprint density at radius 2 is 2.33 bits per heavy atom. The smallest absolute Gasteiger partial charge is 0.200 e. The SMILES string of the molecule is COc1cccc2nnc(CC3CCCCN3)n12. The van der Waals surface area contributed by atoms with Crippen LogP contribution in [-0.4, -0.2) is 34.3 Å². The minimum absolute atomic E-state index is 0.510. The van der Waals surface area contributed by atoms with Crippen LogP contribution in [0.3, 0.4) is 0 Å². The Labute approximate surface area is 106 Å². The fourth-order valence-electron chi connectivity index (χ4n) is 2.58. The van der Waals surface area contributed by atoms with Gasteiger partial charge >= 0.3 is 0 Å². The third kappa shape index (κ3) is 2.06. The van der Waals surface area contributed by atoms with E-state index in [1.807, 2.05) is 22.6 Å². The van der Waals surface area contributed by atoms with Crippen molar-refractivity contribution in [3.05, 3.63) is 24.0 Å². The van der Waals surface area contributed by atoms with Crippen molar-refractivity contribution in [2.45, 2.75) is 31.7 Å². The molecule has 2 aromatic heterocycles. The number of hydrogen-bond donors (Lipinski definition) is 1. The van der Waals surface area contributed by atoms with E-state index in [-0.39, 0.29) is 0 Å². The van der Waals surface area contributed by atoms with Gasteiger partial charge in [-0.3, -0.25) is 0 Å². The van der Waals surface area contributed by atoms with Crippen molar-refractivity contribution >= 4 is 5.65 Å². The summed E-state index contributed by atoms with van der Waals surface area (Å²) in [7, 11) is 1.68. The Balaban J connectivity index is 1.91. The highest BCUT2D eigenvalue weighted by molar-refractivity contribution is 5.42. The summed E-state index contributed by atoms with van der Waals surface area (Å²) in [5.41, 5.74) is 0.847. The molecule has 0 spiro atoms. The fourth-order valence-corrected chi connectivity index (χ4v) is 2.58. The van der Waals surface area contributed by atoms with Gasteiger partial charge in [-0.05, 0) is 31.5 Å². The van der Waals surface area contributed by atoms with Crippen LogP contribution < -0.4 is 10.1 Å². The second-order valence-corrected chi connectivity index (χ2v) is 4.73. The summed E-state index contributed by atoms with van der Waals surface area (Å²) in [4.78, 5) is 0. The number of ether oxygens (including phenoxy) is 1. The Kier molecular flexibility index (Phi) is 3.15. The lowest BCUT2D eigenvalue weighted by atomic mass is 10.0. The molecule has 96 valence electrons. The van der Waals surface area contributed by atoms with E-state index in [9.17, 15) is 0 Å². The predicted octanol–water partition coefficient (Wildman–Crippen LogP) is 1.42. The Morgan fingerprint density at radius 1 is 1.39 bits per heavy atom. The molecule has 1 N–H and O–H groups in total. The molecule has 5 nitrogen and oxygen atoms in total. The molecule has 1 aliphatic heterocycles. The van der Waals surface area contributed by atoms with E-state index in [4.69, 9.17) is 4.74 Å². The summed E-state index contributed by atoms with van der Waals surface area (Å²) >= 11 is 0. The van der Waals surface area contributed by atoms with Gasteiger partial charge < -0.3 is 10.1 Å². The summed E-state index contributed by atoms with van der Waals surface area (Å²) in [6.45, 7) is 1.11. The average molecular weight is 246 g/mol. The number of piperidine rings is 1. The quantitative estimate of drug-likeness (QED) is 0.890. The zero-order chi connectivity index (χ0) is 12.4. The van der Waals surface area contributed by atoms with E-state index >= 15 is 0 Å². The molecule has 2 aromatic rings. The summed E-state index contributed by atoms with van der Waals surface area (Å²) in [6, 6.07) is 6.34. The van der Waals surface area contributed by atoms with Gasteiger partial charge in [0.05, 0.1) is 7.11 Å². The molecule has 0 aromatic carbocycles. The molecule has 0 bridgehead atoms. The van der Waals surface area contributed by atoms with Gasteiger partial charge in [0.2, 0.25) is 5.88 Å². The van der Waals surface area contributed by atoms with Crippen LogP contribution in [0.4, 0.5) is 0 Å². The molecule has 0 radical (unpaired) electrons. The molecule has 0 saturated carbocycles. The monoisotopic (exact) mass is 246 g/mol. The molecule has 5 heteroatoms. The second kappa shape index (κ2) is 4.94. The van der Waals surface area contributed by atoms with Crippen molar-refractivity contribution in [3.63, 3.8) is 0 Å². The lowest BCUT2D eigenvalue weighted by molar-refractivity contribution is 0.377. The highest BCUT2D eigenvalue weighted by atomic mass is 16.5. The van der Waals surface area contributed by atoms with Gasteiger partial charge in [0.25, 0.3) is 0 Å². The maximum absolute atomic E-state index is 5.38. The van der Waals surface area contributed by atoms with Crippen LogP contribution in [0, 0.1) is 0 Å². The lowest BCUT2D eigenvalue weighted by Crippen LogP contribution is -2.36. The molecule has 3 heterocycles. The number of nitrogens with zero attached hydrogens (tertiary/aromatic N) is 3. The molecule has 18 heavy (non-hydrogen) atoms. The van der Waals surface area contributed by atoms with Gasteiger partial charge in [-0.25, -0.2) is 4.40 Å². The molecule has 1 atom stereocenters. The number of hydrogen-bond acceptors (Lipinski definition) is 4. The van der Waals surface area contributed by atoms with Gasteiger partial charge in [-0.15, -0.1) is 10.2 Å². The highest BCUT2D eigenvalue weighted by Crippen LogP contribution is 2.18. The molecular weight excluding hydrogens is 228 g/mol. The average Bonchev–Trinajstić information content (AvgIpc) is 2.83. The van der Waals surface area contributed by atoms with Crippen LogP contribution in [0.15, 0.2) is 18.2 Å². The first-order chi connectivity index (χ1) is 8.88. The standard InChI is InChI=1S/C13H18N4O/c1-18-13-7-4-6-11-15-16-12(17(11)13)9-10-5-2-3-8-14-10/h4,6-7,10,14H,2-3,5,8-9H2,1H3. The van der Waals surface area contributed by atoms with E-state index in [1.54, 1.807) is 7.11 Å². The predicted molar refractivity (Wildman–Crippen MR) is 68.9 cm³/mol. The summed E-state index contributed by atoms with van der Waals surface area (Å²) in [5, 5.41) is 12.0. The first kappa shape index (κ1) is 11.5. The molecule has 1 fully saturated rings. The minimum atomic E-state index is 0.510. The van der Waals surface area contributed by atoms with Crippen LogP contribution in [0.5, 0.6) is 5.88 Å². The van der Waals surface area contributed by atoms with E-state index < -0.39 is 0 Å². The maximum atomic E-state index is 5.38. The molecule has 0 amide bonds. The minimum Gasteiger partial charge on any atom is -0.482 e.